The predicted octanol–water partition coefficient (Wildman–Crippen LogP) is 1.15. The van der Waals surface area contributed by atoms with E-state index in [1.54, 1.807) is 0 Å². The van der Waals surface area contributed by atoms with E-state index in [-0.39, 0.29) is 22.1 Å². The zero-order valence-electron chi connectivity index (χ0n) is 11.1. The maximum Gasteiger partial charge on any atom is 0.331 e. The third-order valence-electron chi connectivity index (χ3n) is 2.89. The van der Waals surface area contributed by atoms with E-state index < -0.39 is 17.8 Å². The Morgan fingerprint density at radius 2 is 2.00 bits per heavy atom. The van der Waals surface area contributed by atoms with Crippen LogP contribution in [0.2, 0.25) is 5.02 Å². The summed E-state index contributed by atoms with van der Waals surface area (Å²) in [4.78, 5) is 35.7. The van der Waals surface area contributed by atoms with Crippen LogP contribution in [0.5, 0.6) is 11.5 Å². The number of carbonyl (C=O) groups excluding carboxylic acids is 3. The van der Waals surface area contributed by atoms with E-state index in [2.05, 4.69) is 0 Å². The molecule has 110 valence electrons. The van der Waals surface area contributed by atoms with Crippen LogP contribution in [-0.2, 0) is 9.59 Å². The molecule has 1 fully saturated rings. The number of benzene rings is 1. The second-order valence-electron chi connectivity index (χ2n) is 4.24. The summed E-state index contributed by atoms with van der Waals surface area (Å²) < 4.78 is 4.93. The number of likely N-dealkylation sites (N-methyl/N-ethyl adjacent to an activating group) is 1. The van der Waals surface area contributed by atoms with Crippen molar-refractivity contribution >= 4 is 35.5 Å². The van der Waals surface area contributed by atoms with Crippen LogP contribution >= 0.6 is 11.6 Å². The van der Waals surface area contributed by atoms with Crippen molar-refractivity contribution in [3.8, 4) is 11.5 Å². The van der Waals surface area contributed by atoms with Crippen molar-refractivity contribution in [3.63, 3.8) is 0 Å². The molecule has 0 aromatic heterocycles. The number of amides is 4. The zero-order valence-corrected chi connectivity index (χ0v) is 11.9. The molecule has 8 heteroatoms. The molecule has 0 spiro atoms. The molecule has 0 bridgehead atoms. The first-order valence-corrected chi connectivity index (χ1v) is 6.14. The van der Waals surface area contributed by atoms with Gasteiger partial charge in [0.25, 0.3) is 11.8 Å². The van der Waals surface area contributed by atoms with Gasteiger partial charge in [0.1, 0.15) is 5.57 Å². The lowest BCUT2D eigenvalue weighted by Crippen LogP contribution is -2.52. The smallest absolute Gasteiger partial charge is 0.331 e. The van der Waals surface area contributed by atoms with Crippen molar-refractivity contribution in [3.05, 3.63) is 28.3 Å². The van der Waals surface area contributed by atoms with E-state index in [4.69, 9.17) is 16.3 Å². The lowest BCUT2D eigenvalue weighted by atomic mass is 10.1. The summed E-state index contributed by atoms with van der Waals surface area (Å²) in [6, 6.07) is 1.98. The first kappa shape index (κ1) is 14.9. The molecule has 1 aromatic rings. The minimum atomic E-state index is -0.800. The number of hydrogen-bond donors (Lipinski definition) is 2. The van der Waals surface area contributed by atoms with E-state index >= 15 is 0 Å². The Morgan fingerprint density at radius 1 is 1.33 bits per heavy atom. The number of urea groups is 1. The van der Waals surface area contributed by atoms with E-state index in [9.17, 15) is 19.5 Å². The van der Waals surface area contributed by atoms with Crippen molar-refractivity contribution in [2.45, 2.75) is 0 Å². The highest BCUT2D eigenvalue weighted by Crippen LogP contribution is 2.35. The Balaban J connectivity index is 2.48. The predicted molar refractivity (Wildman–Crippen MR) is 74.0 cm³/mol. The molecule has 21 heavy (non-hydrogen) atoms. The molecule has 2 N–H and O–H groups in total. The summed E-state index contributed by atoms with van der Waals surface area (Å²) in [6.45, 7) is 0. The number of imide groups is 2. The number of methoxy groups -OCH3 is 1. The summed E-state index contributed by atoms with van der Waals surface area (Å²) in [5.74, 6) is -1.67. The Morgan fingerprint density at radius 3 is 2.62 bits per heavy atom. The maximum absolute atomic E-state index is 11.9. The van der Waals surface area contributed by atoms with Gasteiger partial charge < -0.3 is 9.84 Å². The molecule has 1 aliphatic rings. The summed E-state index contributed by atoms with van der Waals surface area (Å²) in [6.07, 6.45) is 1.26. The van der Waals surface area contributed by atoms with E-state index in [0.717, 1.165) is 4.90 Å². The second kappa shape index (κ2) is 5.45. The van der Waals surface area contributed by atoms with Gasteiger partial charge in [-0.3, -0.25) is 19.8 Å². The lowest BCUT2D eigenvalue weighted by molar-refractivity contribution is -0.129. The van der Waals surface area contributed by atoms with Crippen LogP contribution in [0.15, 0.2) is 17.7 Å². The minimum Gasteiger partial charge on any atom is -0.503 e. The molecule has 0 radical (unpaired) electrons. The first-order chi connectivity index (χ1) is 9.85. The topological polar surface area (TPSA) is 95.9 Å². The van der Waals surface area contributed by atoms with Gasteiger partial charge in [-0.25, -0.2) is 4.79 Å². The average Bonchev–Trinajstić information content (AvgIpc) is 2.44. The highest BCUT2D eigenvalue weighted by Gasteiger charge is 2.33. The summed E-state index contributed by atoms with van der Waals surface area (Å²) in [7, 11) is 2.59. The molecule has 2 rings (SSSR count). The Hall–Kier alpha value is -2.54. The fourth-order valence-electron chi connectivity index (χ4n) is 1.75. The summed E-state index contributed by atoms with van der Waals surface area (Å²) in [5.41, 5.74) is 0.150. The van der Waals surface area contributed by atoms with Gasteiger partial charge in [-0.1, -0.05) is 11.6 Å². The largest absolute Gasteiger partial charge is 0.503 e. The molecule has 0 aliphatic carbocycles. The lowest BCUT2D eigenvalue weighted by Gasteiger charge is -2.22. The molecule has 1 aliphatic heterocycles. The third-order valence-corrected chi connectivity index (χ3v) is 3.17. The van der Waals surface area contributed by atoms with Crippen LogP contribution in [0.25, 0.3) is 6.08 Å². The number of nitrogens with one attached hydrogen (secondary N) is 1. The van der Waals surface area contributed by atoms with Crippen LogP contribution < -0.4 is 10.1 Å². The number of rotatable bonds is 2. The standard InChI is InChI=1S/C13H11ClN2O5/c1-16-12(19)7(11(18)15-13(16)20)3-6-4-8(14)10(17)9(5-6)21-2/h3-5,17H,1-2H3,(H,15,18,20). The van der Waals surface area contributed by atoms with Gasteiger partial charge in [-0.05, 0) is 23.8 Å². The Bertz CT molecular complexity index is 683. The number of phenols is 1. The molecule has 0 saturated carbocycles. The Labute approximate surface area is 124 Å². The monoisotopic (exact) mass is 310 g/mol. The van der Waals surface area contributed by atoms with Crippen LogP contribution in [-0.4, -0.2) is 42.0 Å². The SMILES string of the molecule is COc1cc(C=C2C(=O)NC(=O)N(C)C2=O)cc(Cl)c1O. The van der Waals surface area contributed by atoms with Crippen molar-refractivity contribution in [2.75, 3.05) is 14.2 Å². The van der Waals surface area contributed by atoms with E-state index in [0.29, 0.717) is 5.56 Å². The van der Waals surface area contributed by atoms with E-state index in [1.165, 1.54) is 32.4 Å². The molecule has 1 aromatic carbocycles. The quantitative estimate of drug-likeness (QED) is 0.631. The van der Waals surface area contributed by atoms with Gasteiger partial charge in [-0.15, -0.1) is 0 Å². The second-order valence-corrected chi connectivity index (χ2v) is 4.64. The van der Waals surface area contributed by atoms with Gasteiger partial charge in [0.05, 0.1) is 12.1 Å². The number of halogens is 1. The minimum absolute atomic E-state index is 0.00861. The van der Waals surface area contributed by atoms with Gasteiger partial charge in [0, 0.05) is 7.05 Å². The van der Waals surface area contributed by atoms with Crippen LogP contribution in [0.4, 0.5) is 4.79 Å². The van der Waals surface area contributed by atoms with Gasteiger partial charge in [0.2, 0.25) is 0 Å². The molecular weight excluding hydrogens is 300 g/mol. The molecule has 1 saturated heterocycles. The van der Waals surface area contributed by atoms with Crippen molar-refractivity contribution < 1.29 is 24.2 Å². The van der Waals surface area contributed by atoms with Crippen LogP contribution in [0.1, 0.15) is 5.56 Å². The number of carbonyl (C=O) groups is 3. The van der Waals surface area contributed by atoms with E-state index in [1.807, 2.05) is 5.32 Å². The van der Waals surface area contributed by atoms with Gasteiger partial charge in [0.15, 0.2) is 11.5 Å². The number of nitrogens with zero attached hydrogens (tertiary/aromatic N) is 1. The number of phenolic OH excluding ortho intramolecular Hbond substituents is 1. The highest BCUT2D eigenvalue weighted by atomic mass is 35.5. The molecule has 7 nitrogen and oxygen atoms in total. The van der Waals surface area contributed by atoms with Gasteiger partial charge in [-0.2, -0.15) is 0 Å². The fraction of sp³-hybridized carbons (Fsp3) is 0.154. The summed E-state index contributed by atoms with van der Waals surface area (Å²) in [5, 5.41) is 11.7. The number of barbiturate groups is 1. The summed E-state index contributed by atoms with van der Waals surface area (Å²) >= 11 is 5.83. The molecule has 1 heterocycles. The number of aromatic hydroxyl groups is 1. The van der Waals surface area contributed by atoms with Crippen molar-refractivity contribution in [1.82, 2.24) is 10.2 Å². The number of hydrogen-bond acceptors (Lipinski definition) is 5. The molecule has 0 atom stereocenters. The molecular formula is C13H11ClN2O5. The van der Waals surface area contributed by atoms with Crippen LogP contribution in [0.3, 0.4) is 0 Å². The zero-order chi connectivity index (χ0) is 15.7. The maximum atomic E-state index is 11.9. The highest BCUT2D eigenvalue weighted by molar-refractivity contribution is 6.33. The molecule has 4 amide bonds. The Kier molecular flexibility index (Phi) is 3.86. The van der Waals surface area contributed by atoms with Crippen molar-refractivity contribution in [2.24, 2.45) is 0 Å². The third kappa shape index (κ3) is 2.68. The average molecular weight is 311 g/mol. The van der Waals surface area contributed by atoms with Gasteiger partial charge >= 0.3 is 6.03 Å². The fourth-order valence-corrected chi connectivity index (χ4v) is 1.96. The van der Waals surface area contributed by atoms with Crippen molar-refractivity contribution in [1.29, 1.82) is 0 Å². The molecule has 0 unspecified atom stereocenters. The normalized spacial score (nSPS) is 17.2. The van der Waals surface area contributed by atoms with Crippen LogP contribution in [0, 0.1) is 0 Å². The number of ether oxygens (including phenoxy) is 1. The first-order valence-electron chi connectivity index (χ1n) is 5.76.